The molecule has 0 saturated heterocycles. The van der Waals surface area contributed by atoms with Gasteiger partial charge in [0.05, 0.1) is 53.5 Å². The molecular formula is C32H20N8Na4O14S4. The quantitative estimate of drug-likeness (QED) is 0.0377. The molecule has 2 aliphatic rings. The molecule has 0 radical (unpaired) electrons. The fourth-order valence-electron chi connectivity index (χ4n) is 5.39. The fourth-order valence-corrected chi connectivity index (χ4v) is 7.77. The SMILES string of the molecule is Nc1cc(S(=O)(=O)[O-])cc2c1C(=O)/C(=N/Nc1ccc(N=Nc3ccc(N/N=C4/C(=O)c5c(N)cc(S(=O)(=O)[O-])cc5C=C4S(=O)(=O)[O-])cc3)cc1)C(S(=O)(=O)[O-])=C2.[Na+].[Na+].[Na+].[Na+]. The third-order valence-electron chi connectivity index (χ3n) is 8.00. The van der Waals surface area contributed by atoms with Crippen LogP contribution in [0.15, 0.2) is 113 Å². The summed E-state index contributed by atoms with van der Waals surface area (Å²) in [6.07, 6.45) is 1.36. The molecule has 62 heavy (non-hydrogen) atoms. The van der Waals surface area contributed by atoms with Crippen molar-refractivity contribution in [3.05, 3.63) is 105 Å². The maximum Gasteiger partial charge on any atom is 1.00 e. The summed E-state index contributed by atoms with van der Waals surface area (Å²) in [5.41, 5.74) is 13.2. The van der Waals surface area contributed by atoms with Crippen molar-refractivity contribution in [2.75, 3.05) is 22.3 Å². The largest absolute Gasteiger partial charge is 1.00 e. The number of anilines is 4. The summed E-state index contributed by atoms with van der Waals surface area (Å²) in [5.74, 6) is -2.28. The van der Waals surface area contributed by atoms with E-state index in [1.807, 2.05) is 0 Å². The van der Waals surface area contributed by atoms with Crippen LogP contribution in [0.2, 0.25) is 0 Å². The molecule has 0 atom stereocenters. The van der Waals surface area contributed by atoms with Gasteiger partial charge >= 0.3 is 118 Å². The van der Waals surface area contributed by atoms with Crippen LogP contribution in [0.3, 0.4) is 0 Å². The van der Waals surface area contributed by atoms with E-state index >= 15 is 0 Å². The van der Waals surface area contributed by atoms with E-state index in [1.54, 1.807) is 0 Å². The molecule has 22 nitrogen and oxygen atoms in total. The van der Waals surface area contributed by atoms with Crippen molar-refractivity contribution in [1.82, 2.24) is 0 Å². The summed E-state index contributed by atoms with van der Waals surface area (Å²) in [5, 5.41) is 15.7. The number of hydrogen-bond acceptors (Lipinski definition) is 22. The Balaban J connectivity index is 0.00000331. The van der Waals surface area contributed by atoms with Gasteiger partial charge in [-0.1, -0.05) is 0 Å². The van der Waals surface area contributed by atoms with Gasteiger partial charge in [0.15, 0.2) is 0 Å². The summed E-state index contributed by atoms with van der Waals surface area (Å²) in [7, 11) is -20.8. The zero-order valence-electron chi connectivity index (χ0n) is 32.4. The molecule has 0 bridgehead atoms. The van der Waals surface area contributed by atoms with Gasteiger partial charge in [0.25, 0.3) is 0 Å². The van der Waals surface area contributed by atoms with Crippen LogP contribution in [0.1, 0.15) is 31.8 Å². The summed E-state index contributed by atoms with van der Waals surface area (Å²) in [6.45, 7) is 0. The minimum Gasteiger partial charge on any atom is -0.744 e. The number of nitrogens with one attached hydrogen (secondary N) is 2. The standard InChI is InChI=1S/C32H24N8O14S4.4Na/c33-23-13-21(55(43,44)45)9-15-11-25(57(49,50)51)29(31(41)27(15)23)39-37-19-5-1-17(2-6-19)35-36-18-3-7-20(8-4-18)38-40-30-26(58(52,53)54)12-16-10-22(56(46,47)48)14-24(34)28(16)32(30)42;;;;/h1-14,37-38H,33-34H2,(H,43,44,45)(H,46,47,48)(H,49,50,51)(H,52,53,54);;;;/q;4*+1/p-4/b36-35?,39-29+,40-30+;;;;. The molecule has 0 saturated carbocycles. The van der Waals surface area contributed by atoms with Crippen molar-refractivity contribution in [2.24, 2.45) is 20.4 Å². The first-order chi connectivity index (χ1) is 26.9. The van der Waals surface area contributed by atoms with Crippen LogP contribution in [0.5, 0.6) is 0 Å². The Bertz CT molecular complexity index is 2900. The number of nitrogens with zero attached hydrogens (tertiary/aromatic N) is 4. The van der Waals surface area contributed by atoms with Crippen molar-refractivity contribution in [1.29, 1.82) is 0 Å². The van der Waals surface area contributed by atoms with Crippen molar-refractivity contribution < 1.29 is 180 Å². The molecule has 6 N–H and O–H groups in total. The zero-order valence-corrected chi connectivity index (χ0v) is 43.6. The van der Waals surface area contributed by atoms with E-state index in [2.05, 4.69) is 31.3 Å². The maximum atomic E-state index is 13.2. The Morgan fingerprint density at radius 2 is 0.774 bits per heavy atom. The number of nitrogen functional groups attached to an aromatic ring is 2. The number of fused-ring (bicyclic) bond motifs is 2. The number of ketones is 2. The Morgan fingerprint density at radius 1 is 0.468 bits per heavy atom. The number of benzene rings is 4. The van der Waals surface area contributed by atoms with E-state index in [9.17, 15) is 61.5 Å². The number of carbonyl (C=O) groups excluding carboxylic acids is 2. The predicted octanol–water partition coefficient (Wildman–Crippen LogP) is -9.81. The normalized spacial score (nSPS) is 15.2. The number of azo groups is 1. The van der Waals surface area contributed by atoms with Crippen LogP contribution in [0.25, 0.3) is 12.2 Å². The molecule has 300 valence electrons. The monoisotopic (exact) mass is 960 g/mol. The van der Waals surface area contributed by atoms with Crippen molar-refractivity contribution in [2.45, 2.75) is 9.79 Å². The molecule has 4 aromatic carbocycles. The van der Waals surface area contributed by atoms with Gasteiger partial charge in [0.1, 0.15) is 51.9 Å². The Labute approximate surface area is 441 Å². The fraction of sp³-hybridized carbons (Fsp3) is 0. The molecule has 0 aromatic heterocycles. The second-order valence-corrected chi connectivity index (χ2v) is 17.3. The average molecular weight is 961 g/mol. The van der Waals surface area contributed by atoms with Crippen LogP contribution in [0, 0.1) is 0 Å². The molecule has 6 rings (SSSR count). The molecule has 4 aromatic rings. The molecule has 0 heterocycles. The topological polar surface area (TPSA) is 388 Å². The van der Waals surface area contributed by atoms with Gasteiger partial charge < -0.3 is 29.7 Å². The van der Waals surface area contributed by atoms with Gasteiger partial charge in [-0.25, -0.2) is 33.7 Å². The summed E-state index contributed by atoms with van der Waals surface area (Å²) < 4.78 is 141. The van der Waals surface area contributed by atoms with E-state index in [-0.39, 0.29) is 163 Å². The third-order valence-corrected chi connectivity index (χ3v) is 11.3. The van der Waals surface area contributed by atoms with Gasteiger partial charge in [-0.2, -0.15) is 20.4 Å². The first kappa shape index (κ1) is 55.6. The van der Waals surface area contributed by atoms with Crippen molar-refractivity contribution in [3.8, 4) is 0 Å². The smallest absolute Gasteiger partial charge is 0.744 e. The molecular weight excluding hydrogens is 941 g/mol. The van der Waals surface area contributed by atoms with Crippen LogP contribution in [0.4, 0.5) is 34.1 Å². The second kappa shape index (κ2) is 21.2. The predicted molar refractivity (Wildman–Crippen MR) is 201 cm³/mol. The van der Waals surface area contributed by atoms with E-state index in [4.69, 9.17) is 11.5 Å². The van der Waals surface area contributed by atoms with Gasteiger partial charge in [-0.05, 0) is 96.1 Å². The maximum absolute atomic E-state index is 13.2. The number of nitrogens with two attached hydrogens (primary N) is 2. The first-order valence-corrected chi connectivity index (χ1v) is 21.1. The number of allylic oxidation sites excluding steroid dienone is 2. The third kappa shape index (κ3) is 12.6. The number of Topliss-reactive ketones (excluding diaryl/α,β-unsaturated/α-hetero) is 2. The Kier molecular flexibility index (Phi) is 19.0. The average Bonchev–Trinajstić information content (AvgIpc) is 3.12. The van der Waals surface area contributed by atoms with Crippen LogP contribution in [-0.2, 0) is 40.5 Å². The molecule has 0 aliphatic heterocycles. The Hall–Kier alpha value is -2.52. The number of rotatable bonds is 10. The summed E-state index contributed by atoms with van der Waals surface area (Å²) in [4.78, 5) is 22.5. The number of hydrazone groups is 2. The first-order valence-electron chi connectivity index (χ1n) is 15.5. The number of carbonyl (C=O) groups is 2. The van der Waals surface area contributed by atoms with Crippen molar-refractivity contribution >= 4 is 110 Å². The second-order valence-electron chi connectivity index (χ2n) is 11.9. The molecule has 0 spiro atoms. The number of hydrogen-bond donors (Lipinski definition) is 4. The summed E-state index contributed by atoms with van der Waals surface area (Å²) in [6, 6.07) is 14.2. The van der Waals surface area contributed by atoms with Crippen molar-refractivity contribution in [3.63, 3.8) is 0 Å². The zero-order chi connectivity index (χ0) is 42.5. The van der Waals surface area contributed by atoms with Crippen LogP contribution >= 0.6 is 0 Å². The van der Waals surface area contributed by atoms with Gasteiger partial charge in [0.2, 0.25) is 11.6 Å². The van der Waals surface area contributed by atoms with E-state index in [0.717, 1.165) is 12.1 Å². The molecule has 30 heteroatoms. The van der Waals surface area contributed by atoms with E-state index in [1.165, 1.54) is 48.5 Å². The molecule has 0 fully saturated rings. The molecule has 0 unspecified atom stereocenters. The van der Waals surface area contributed by atoms with Gasteiger partial charge in [-0.15, -0.1) is 0 Å². The molecule has 0 amide bonds. The van der Waals surface area contributed by atoms with Gasteiger partial charge in [-0.3, -0.25) is 20.4 Å². The van der Waals surface area contributed by atoms with E-state index < -0.39 is 94.4 Å². The Morgan fingerprint density at radius 3 is 1.05 bits per heavy atom. The molecule has 2 aliphatic carbocycles. The minimum atomic E-state index is -5.36. The minimum absolute atomic E-state index is 0. The van der Waals surface area contributed by atoms with Crippen LogP contribution in [-0.4, -0.2) is 74.9 Å². The van der Waals surface area contributed by atoms with E-state index in [0.29, 0.717) is 24.3 Å². The summed E-state index contributed by atoms with van der Waals surface area (Å²) >= 11 is 0. The van der Waals surface area contributed by atoms with Gasteiger partial charge in [0, 0.05) is 11.4 Å². The van der Waals surface area contributed by atoms with Crippen LogP contribution < -0.4 is 141 Å².